The van der Waals surface area contributed by atoms with Gasteiger partial charge in [-0.25, -0.2) is 4.79 Å². The van der Waals surface area contributed by atoms with E-state index in [1.807, 2.05) is 0 Å². The first-order chi connectivity index (χ1) is 12.7. The molecule has 27 heavy (non-hydrogen) atoms. The molecule has 0 unspecified atom stereocenters. The van der Waals surface area contributed by atoms with Crippen molar-refractivity contribution in [1.82, 2.24) is 0 Å². The molecular formula is C20H29NO5S. The summed E-state index contributed by atoms with van der Waals surface area (Å²) in [7, 11) is 0. The lowest BCUT2D eigenvalue weighted by Gasteiger charge is -2.23. The summed E-state index contributed by atoms with van der Waals surface area (Å²) < 4.78 is 10.3. The van der Waals surface area contributed by atoms with E-state index < -0.39 is 23.4 Å². The van der Waals surface area contributed by atoms with Crippen LogP contribution >= 0.6 is 11.3 Å². The minimum Gasteiger partial charge on any atom is -0.462 e. The molecule has 1 aliphatic carbocycles. The van der Waals surface area contributed by atoms with E-state index in [2.05, 4.69) is 12.2 Å². The van der Waals surface area contributed by atoms with Crippen molar-refractivity contribution < 1.29 is 23.9 Å². The van der Waals surface area contributed by atoms with E-state index in [0.717, 1.165) is 42.5 Å². The highest BCUT2D eigenvalue weighted by atomic mass is 32.1. The monoisotopic (exact) mass is 395 g/mol. The molecule has 0 fully saturated rings. The molecule has 0 aliphatic heterocycles. The summed E-state index contributed by atoms with van der Waals surface area (Å²) in [4.78, 5) is 37.6. The minimum atomic E-state index is -1.33. The Morgan fingerprint density at radius 1 is 1.26 bits per heavy atom. The van der Waals surface area contributed by atoms with Crippen LogP contribution in [-0.4, -0.2) is 30.1 Å². The second-order valence-electron chi connectivity index (χ2n) is 7.38. The van der Waals surface area contributed by atoms with Gasteiger partial charge in [0.2, 0.25) is 0 Å². The van der Waals surface area contributed by atoms with E-state index in [9.17, 15) is 14.4 Å². The van der Waals surface area contributed by atoms with Crippen LogP contribution in [-0.2, 0) is 31.9 Å². The van der Waals surface area contributed by atoms with E-state index in [-0.39, 0.29) is 6.61 Å². The van der Waals surface area contributed by atoms with Crippen LogP contribution in [0.5, 0.6) is 0 Å². The van der Waals surface area contributed by atoms with E-state index in [0.29, 0.717) is 16.5 Å². The summed E-state index contributed by atoms with van der Waals surface area (Å²) in [5, 5.41) is 3.29. The molecule has 0 saturated carbocycles. The topological polar surface area (TPSA) is 81.7 Å². The first-order valence-corrected chi connectivity index (χ1v) is 10.3. The van der Waals surface area contributed by atoms with Crippen LogP contribution in [0, 0.1) is 5.92 Å². The average Bonchev–Trinajstić information content (AvgIpc) is 2.91. The molecule has 0 spiro atoms. The maximum Gasteiger partial charge on any atom is 0.341 e. The molecule has 1 aromatic rings. The van der Waals surface area contributed by atoms with Crippen molar-refractivity contribution in [2.24, 2.45) is 5.92 Å². The van der Waals surface area contributed by atoms with E-state index in [1.54, 1.807) is 6.92 Å². The number of hydrogen-bond acceptors (Lipinski definition) is 6. The molecule has 1 N–H and O–H groups in total. The smallest absolute Gasteiger partial charge is 0.341 e. The Hall–Kier alpha value is -1.89. The molecular weight excluding hydrogens is 366 g/mol. The van der Waals surface area contributed by atoms with Crippen LogP contribution in [0.4, 0.5) is 5.00 Å². The first-order valence-electron chi connectivity index (χ1n) is 9.52. The number of carbonyl (C=O) groups is 3. The first kappa shape index (κ1) is 21.4. The zero-order valence-electron chi connectivity index (χ0n) is 16.8. The number of thiophene rings is 1. The second-order valence-corrected chi connectivity index (χ2v) is 8.49. The van der Waals surface area contributed by atoms with Crippen molar-refractivity contribution in [3.63, 3.8) is 0 Å². The third kappa shape index (κ3) is 5.09. The van der Waals surface area contributed by atoms with Crippen LogP contribution in [0.3, 0.4) is 0 Å². The number of esters is 2. The van der Waals surface area contributed by atoms with Crippen molar-refractivity contribution in [3.8, 4) is 0 Å². The molecule has 150 valence electrons. The molecule has 1 heterocycles. The summed E-state index contributed by atoms with van der Waals surface area (Å²) in [5.41, 5.74) is 0.123. The fourth-order valence-corrected chi connectivity index (χ4v) is 4.82. The Bertz CT molecular complexity index is 722. The predicted octanol–water partition coefficient (Wildman–Crippen LogP) is 4.11. The van der Waals surface area contributed by atoms with Gasteiger partial charge in [0.05, 0.1) is 12.2 Å². The normalized spacial score (nSPS) is 16.4. The maximum atomic E-state index is 12.6. The Balaban J connectivity index is 2.33. The minimum absolute atomic E-state index is 0.272. The van der Waals surface area contributed by atoms with Crippen molar-refractivity contribution in [2.45, 2.75) is 72.3 Å². The largest absolute Gasteiger partial charge is 0.462 e. The number of fused-ring (bicyclic) bond motifs is 1. The fourth-order valence-electron chi connectivity index (χ4n) is 3.48. The van der Waals surface area contributed by atoms with Crippen LogP contribution in [0.1, 0.15) is 74.7 Å². The highest BCUT2D eigenvalue weighted by Crippen LogP contribution is 2.41. The standard InChI is InChI=1S/C20H29NO5S/c1-6-8-13-9-10-14-15(11-13)27-17(16(14)18(23)25-7-2)21-19(24)20(4,5)26-12(3)22/h13H,6-11H2,1-5H3,(H,21,24)/t13-/m1/s1. The average molecular weight is 396 g/mol. The number of nitrogens with one attached hydrogen (secondary N) is 1. The molecule has 1 amide bonds. The fraction of sp³-hybridized carbons (Fsp3) is 0.650. The predicted molar refractivity (Wildman–Crippen MR) is 105 cm³/mol. The van der Waals surface area contributed by atoms with Crippen LogP contribution in [0.25, 0.3) is 0 Å². The van der Waals surface area contributed by atoms with Crippen LogP contribution in [0.2, 0.25) is 0 Å². The van der Waals surface area contributed by atoms with Gasteiger partial charge in [0.15, 0.2) is 5.60 Å². The molecule has 1 aliphatic rings. The highest BCUT2D eigenvalue weighted by molar-refractivity contribution is 7.17. The Morgan fingerprint density at radius 3 is 2.56 bits per heavy atom. The molecule has 2 rings (SSSR count). The molecule has 7 heteroatoms. The number of ether oxygens (including phenoxy) is 2. The third-order valence-electron chi connectivity index (χ3n) is 4.72. The van der Waals surface area contributed by atoms with Crippen molar-refractivity contribution in [2.75, 3.05) is 11.9 Å². The molecule has 0 aromatic carbocycles. The summed E-state index contributed by atoms with van der Waals surface area (Å²) in [6.07, 6.45) is 5.07. The zero-order chi connectivity index (χ0) is 20.2. The number of rotatable bonds is 7. The summed E-state index contributed by atoms with van der Waals surface area (Å²) >= 11 is 1.44. The number of amides is 1. The Labute approximate surface area is 164 Å². The molecule has 1 atom stereocenters. The summed E-state index contributed by atoms with van der Waals surface area (Å²) in [5.74, 6) is -0.803. The Kier molecular flexibility index (Phi) is 7.03. The van der Waals surface area contributed by atoms with E-state index in [4.69, 9.17) is 9.47 Å². The molecule has 0 radical (unpaired) electrons. The van der Waals surface area contributed by atoms with Gasteiger partial charge in [-0.1, -0.05) is 19.8 Å². The molecule has 6 nitrogen and oxygen atoms in total. The van der Waals surface area contributed by atoms with E-state index >= 15 is 0 Å². The third-order valence-corrected chi connectivity index (χ3v) is 5.89. The van der Waals surface area contributed by atoms with E-state index in [1.165, 1.54) is 32.1 Å². The van der Waals surface area contributed by atoms with Gasteiger partial charge in [-0.2, -0.15) is 0 Å². The van der Waals surface area contributed by atoms with Crippen molar-refractivity contribution in [3.05, 3.63) is 16.0 Å². The van der Waals surface area contributed by atoms with Gasteiger partial charge in [-0.15, -0.1) is 11.3 Å². The van der Waals surface area contributed by atoms with Gasteiger partial charge in [0.1, 0.15) is 5.00 Å². The quantitative estimate of drug-likeness (QED) is 0.703. The zero-order valence-corrected chi connectivity index (χ0v) is 17.6. The number of anilines is 1. The van der Waals surface area contributed by atoms with Gasteiger partial charge in [-0.05, 0) is 51.5 Å². The summed E-state index contributed by atoms with van der Waals surface area (Å²) in [6, 6.07) is 0. The number of carbonyl (C=O) groups excluding carboxylic acids is 3. The molecule has 1 aromatic heterocycles. The van der Waals surface area contributed by atoms with Gasteiger partial charge in [0.25, 0.3) is 5.91 Å². The lowest BCUT2D eigenvalue weighted by atomic mass is 9.84. The molecule has 0 saturated heterocycles. The second kappa shape index (κ2) is 8.87. The Morgan fingerprint density at radius 2 is 1.96 bits per heavy atom. The lowest BCUT2D eigenvalue weighted by Crippen LogP contribution is -2.41. The van der Waals surface area contributed by atoms with Gasteiger partial charge in [0, 0.05) is 11.8 Å². The highest BCUT2D eigenvalue weighted by Gasteiger charge is 2.35. The van der Waals surface area contributed by atoms with Crippen LogP contribution in [0.15, 0.2) is 0 Å². The van der Waals surface area contributed by atoms with Gasteiger partial charge >= 0.3 is 11.9 Å². The SMILES string of the molecule is CCC[C@@H]1CCc2c(sc(NC(=O)C(C)(C)OC(C)=O)c2C(=O)OCC)C1. The van der Waals surface area contributed by atoms with Crippen molar-refractivity contribution in [1.29, 1.82) is 0 Å². The molecule has 0 bridgehead atoms. The maximum absolute atomic E-state index is 12.6. The van der Waals surface area contributed by atoms with Gasteiger partial charge in [-0.3, -0.25) is 9.59 Å². The van der Waals surface area contributed by atoms with Crippen LogP contribution < -0.4 is 5.32 Å². The lowest BCUT2D eigenvalue weighted by molar-refractivity contribution is -0.160. The van der Waals surface area contributed by atoms with Crippen molar-refractivity contribution >= 4 is 34.2 Å². The number of hydrogen-bond donors (Lipinski definition) is 1. The summed E-state index contributed by atoms with van der Waals surface area (Å²) in [6.45, 7) is 8.52. The van der Waals surface area contributed by atoms with Gasteiger partial charge < -0.3 is 14.8 Å².